The lowest BCUT2D eigenvalue weighted by atomic mass is 9.86. The Morgan fingerprint density at radius 2 is 2.26 bits per heavy atom. The summed E-state index contributed by atoms with van der Waals surface area (Å²) in [4.78, 5) is 15.3. The van der Waals surface area contributed by atoms with Gasteiger partial charge in [0.25, 0.3) is 0 Å². The molecule has 0 radical (unpaired) electrons. The standard InChI is InChI=1S/C15H20ClNOS/c1-17(9-13-4-5-14(16)19-13)15(18)8-12-7-10-2-3-11(12)6-10/h4-5,10-12H,2-3,6-9H2,1H3/t10-,11-,12-/m0/s1. The molecular weight excluding hydrogens is 278 g/mol. The molecule has 0 N–H and O–H groups in total. The predicted molar refractivity (Wildman–Crippen MR) is 79.4 cm³/mol. The first kappa shape index (κ1) is 13.4. The van der Waals surface area contributed by atoms with E-state index in [4.69, 9.17) is 11.6 Å². The summed E-state index contributed by atoms with van der Waals surface area (Å²) in [5.41, 5.74) is 0. The van der Waals surface area contributed by atoms with Crippen molar-refractivity contribution < 1.29 is 4.79 Å². The van der Waals surface area contributed by atoms with Crippen molar-refractivity contribution in [2.75, 3.05) is 7.05 Å². The molecule has 1 aromatic rings. The monoisotopic (exact) mass is 297 g/mol. The molecule has 2 nitrogen and oxygen atoms in total. The minimum atomic E-state index is 0.294. The zero-order valence-electron chi connectivity index (χ0n) is 11.3. The maximum atomic E-state index is 12.3. The van der Waals surface area contributed by atoms with Crippen molar-refractivity contribution in [3.05, 3.63) is 21.3 Å². The molecule has 1 heterocycles. The molecule has 0 aliphatic heterocycles. The van der Waals surface area contributed by atoms with Gasteiger partial charge in [-0.25, -0.2) is 0 Å². The van der Waals surface area contributed by atoms with E-state index in [2.05, 4.69) is 0 Å². The van der Waals surface area contributed by atoms with Crippen molar-refractivity contribution in [2.24, 2.45) is 17.8 Å². The summed E-state index contributed by atoms with van der Waals surface area (Å²) in [7, 11) is 1.91. The van der Waals surface area contributed by atoms with Gasteiger partial charge in [-0.3, -0.25) is 4.79 Å². The molecule has 2 bridgehead atoms. The van der Waals surface area contributed by atoms with Gasteiger partial charge in [0.05, 0.1) is 10.9 Å². The summed E-state index contributed by atoms with van der Waals surface area (Å²) in [6.45, 7) is 0.692. The summed E-state index contributed by atoms with van der Waals surface area (Å²) in [6.07, 6.45) is 6.17. The van der Waals surface area contributed by atoms with Crippen LogP contribution >= 0.6 is 22.9 Å². The van der Waals surface area contributed by atoms with Crippen LogP contribution in [0.5, 0.6) is 0 Å². The average Bonchev–Trinajstić information content (AvgIpc) is 3.06. The smallest absolute Gasteiger partial charge is 0.222 e. The van der Waals surface area contributed by atoms with Crippen molar-refractivity contribution in [2.45, 2.75) is 38.6 Å². The van der Waals surface area contributed by atoms with Crippen LogP contribution in [0, 0.1) is 17.8 Å². The van der Waals surface area contributed by atoms with Crippen LogP contribution in [0.15, 0.2) is 12.1 Å². The normalized spacial score (nSPS) is 28.8. The molecule has 0 unspecified atom stereocenters. The molecule has 0 spiro atoms. The van der Waals surface area contributed by atoms with Gasteiger partial charge in [-0.05, 0) is 49.1 Å². The second kappa shape index (κ2) is 5.45. The minimum absolute atomic E-state index is 0.294. The van der Waals surface area contributed by atoms with Crippen LogP contribution in [0.2, 0.25) is 4.34 Å². The summed E-state index contributed by atoms with van der Waals surface area (Å²) >= 11 is 7.48. The number of thiophene rings is 1. The first-order chi connectivity index (χ1) is 9.11. The van der Waals surface area contributed by atoms with Gasteiger partial charge in [0.1, 0.15) is 0 Å². The van der Waals surface area contributed by atoms with Crippen LogP contribution in [-0.4, -0.2) is 17.9 Å². The zero-order chi connectivity index (χ0) is 13.4. The third kappa shape index (κ3) is 2.97. The maximum absolute atomic E-state index is 12.3. The molecule has 3 atom stereocenters. The second-order valence-electron chi connectivity index (χ2n) is 6.09. The SMILES string of the molecule is CN(Cc1ccc(Cl)s1)C(=O)C[C@@H]1C[C@H]2CC[C@H]1C2. The molecule has 1 amide bonds. The number of hydrogen-bond donors (Lipinski definition) is 0. The number of rotatable bonds is 4. The number of fused-ring (bicyclic) bond motifs is 2. The Kier molecular flexibility index (Phi) is 3.86. The molecule has 3 rings (SSSR count). The Balaban J connectivity index is 1.52. The first-order valence-electron chi connectivity index (χ1n) is 7.10. The van der Waals surface area contributed by atoms with Gasteiger partial charge in [-0.15, -0.1) is 11.3 Å². The van der Waals surface area contributed by atoms with Crippen molar-refractivity contribution in [3.8, 4) is 0 Å². The van der Waals surface area contributed by atoms with Gasteiger partial charge in [0.15, 0.2) is 0 Å². The molecule has 1 aromatic heterocycles. The van der Waals surface area contributed by atoms with Crippen LogP contribution in [0.4, 0.5) is 0 Å². The number of nitrogens with zero attached hydrogens (tertiary/aromatic N) is 1. The average molecular weight is 298 g/mol. The van der Waals surface area contributed by atoms with Crippen molar-refractivity contribution in [3.63, 3.8) is 0 Å². The van der Waals surface area contributed by atoms with Gasteiger partial charge >= 0.3 is 0 Å². The summed E-state index contributed by atoms with van der Waals surface area (Å²) in [6, 6.07) is 3.91. The van der Waals surface area contributed by atoms with E-state index in [0.717, 1.165) is 27.5 Å². The van der Waals surface area contributed by atoms with Crippen LogP contribution in [-0.2, 0) is 11.3 Å². The fourth-order valence-electron chi connectivity index (χ4n) is 3.77. The minimum Gasteiger partial charge on any atom is -0.341 e. The van der Waals surface area contributed by atoms with Gasteiger partial charge in [-0.1, -0.05) is 18.0 Å². The third-order valence-electron chi connectivity index (χ3n) is 4.77. The lowest BCUT2D eigenvalue weighted by molar-refractivity contribution is -0.131. The molecule has 19 heavy (non-hydrogen) atoms. The molecule has 0 aromatic carbocycles. The fraction of sp³-hybridized carbons (Fsp3) is 0.667. The Labute approximate surface area is 123 Å². The quantitative estimate of drug-likeness (QED) is 0.816. The molecule has 2 saturated carbocycles. The molecule has 0 saturated heterocycles. The number of carbonyl (C=O) groups is 1. The number of hydrogen-bond acceptors (Lipinski definition) is 2. The second-order valence-corrected chi connectivity index (χ2v) is 7.89. The summed E-state index contributed by atoms with van der Waals surface area (Å²) in [5.74, 6) is 2.70. The van der Waals surface area contributed by atoms with E-state index in [9.17, 15) is 4.79 Å². The summed E-state index contributed by atoms with van der Waals surface area (Å²) in [5, 5.41) is 0. The van der Waals surface area contributed by atoms with Crippen LogP contribution in [0.25, 0.3) is 0 Å². The van der Waals surface area contributed by atoms with E-state index in [-0.39, 0.29) is 0 Å². The maximum Gasteiger partial charge on any atom is 0.222 e. The largest absolute Gasteiger partial charge is 0.341 e. The lowest BCUT2D eigenvalue weighted by Crippen LogP contribution is -2.29. The van der Waals surface area contributed by atoms with E-state index in [1.54, 1.807) is 11.3 Å². The van der Waals surface area contributed by atoms with Crippen molar-refractivity contribution >= 4 is 28.8 Å². The predicted octanol–water partition coefficient (Wildman–Crippen LogP) is 4.19. The Morgan fingerprint density at radius 3 is 2.84 bits per heavy atom. The molecule has 2 aliphatic rings. The number of halogens is 1. The van der Waals surface area contributed by atoms with Crippen LogP contribution < -0.4 is 0 Å². The van der Waals surface area contributed by atoms with E-state index < -0.39 is 0 Å². The Bertz CT molecular complexity index is 472. The van der Waals surface area contributed by atoms with E-state index in [1.807, 2.05) is 24.1 Å². The van der Waals surface area contributed by atoms with Crippen LogP contribution in [0.3, 0.4) is 0 Å². The number of carbonyl (C=O) groups excluding carboxylic acids is 1. The van der Waals surface area contributed by atoms with E-state index >= 15 is 0 Å². The van der Waals surface area contributed by atoms with Gasteiger partial charge in [0, 0.05) is 18.3 Å². The fourth-order valence-corrected chi connectivity index (χ4v) is 4.91. The highest BCUT2D eigenvalue weighted by Crippen LogP contribution is 2.49. The zero-order valence-corrected chi connectivity index (χ0v) is 12.8. The lowest BCUT2D eigenvalue weighted by Gasteiger charge is -2.24. The van der Waals surface area contributed by atoms with Gasteiger partial charge in [0.2, 0.25) is 5.91 Å². The Hall–Kier alpha value is -0.540. The topological polar surface area (TPSA) is 20.3 Å². The van der Waals surface area contributed by atoms with Gasteiger partial charge in [-0.2, -0.15) is 0 Å². The third-order valence-corrected chi connectivity index (χ3v) is 5.98. The molecule has 2 aliphatic carbocycles. The van der Waals surface area contributed by atoms with Crippen molar-refractivity contribution in [1.29, 1.82) is 0 Å². The highest BCUT2D eigenvalue weighted by molar-refractivity contribution is 7.16. The van der Waals surface area contributed by atoms with Gasteiger partial charge < -0.3 is 4.90 Å². The molecule has 104 valence electrons. The molecule has 4 heteroatoms. The molecule has 2 fully saturated rings. The molecular formula is C15H20ClNOS. The summed E-state index contributed by atoms with van der Waals surface area (Å²) < 4.78 is 0.795. The highest BCUT2D eigenvalue weighted by atomic mass is 35.5. The van der Waals surface area contributed by atoms with Crippen LogP contribution in [0.1, 0.15) is 37.0 Å². The van der Waals surface area contributed by atoms with E-state index in [0.29, 0.717) is 18.4 Å². The van der Waals surface area contributed by atoms with E-state index in [1.165, 1.54) is 25.7 Å². The number of amides is 1. The first-order valence-corrected chi connectivity index (χ1v) is 8.29. The Morgan fingerprint density at radius 1 is 1.42 bits per heavy atom. The van der Waals surface area contributed by atoms with Crippen molar-refractivity contribution in [1.82, 2.24) is 4.90 Å². The highest BCUT2D eigenvalue weighted by Gasteiger charge is 2.40.